The summed E-state index contributed by atoms with van der Waals surface area (Å²) in [6.45, 7) is 3.46. The van der Waals surface area contributed by atoms with Crippen molar-refractivity contribution in [2.24, 2.45) is 0 Å². The monoisotopic (exact) mass is 130 g/mol. The molecule has 0 radical (unpaired) electrons. The standard InChI is InChI=1S/C6H11NO2/c1-5(2)7-4-6(8)9-3/h4,8H,1-3H3/b6-4+/i/hD. The van der Waals surface area contributed by atoms with Gasteiger partial charge in [0, 0.05) is 13.8 Å². The molecule has 0 aliphatic heterocycles. The second kappa shape index (κ2) is 3.95. The van der Waals surface area contributed by atoms with Crippen LogP contribution in [0, 0.1) is 0 Å². The second-order valence-corrected chi connectivity index (χ2v) is 1.73. The number of nitrogens with one attached hydrogen (secondary N) is 1. The van der Waals surface area contributed by atoms with Crippen LogP contribution in [0.5, 0.6) is 0 Å². The van der Waals surface area contributed by atoms with Gasteiger partial charge in [-0.25, -0.2) is 4.99 Å². The molecule has 9 heavy (non-hydrogen) atoms. The number of methoxy groups -OCH3 is 1. The van der Waals surface area contributed by atoms with Crippen LogP contribution in [0.15, 0.2) is 12.1 Å². The van der Waals surface area contributed by atoms with Gasteiger partial charge in [-0.05, 0) is 7.11 Å². The fourth-order valence-corrected chi connectivity index (χ4v) is 0.235. The summed E-state index contributed by atoms with van der Waals surface area (Å²) in [4.78, 5) is 0.964. The van der Waals surface area contributed by atoms with Gasteiger partial charge < -0.3 is 9.84 Å². The molecule has 3 nitrogen and oxygen atoms in total. The van der Waals surface area contributed by atoms with Gasteiger partial charge in [-0.2, -0.15) is 0 Å². The third-order valence-corrected chi connectivity index (χ3v) is 0.629. The molecule has 0 atom stereocenters. The summed E-state index contributed by atoms with van der Waals surface area (Å²) in [5, 5.41) is 10.5. The molecule has 0 aromatic heterocycles. The second-order valence-electron chi connectivity index (χ2n) is 1.73. The number of ether oxygens (including phenoxy) is 1. The lowest BCUT2D eigenvalue weighted by Crippen LogP contribution is -2.65. The molecule has 0 heterocycles. The molecular formula is C6H11NO2. The lowest BCUT2D eigenvalue weighted by molar-refractivity contribution is -0.417. The summed E-state index contributed by atoms with van der Waals surface area (Å²) < 4.78 is 11.4. The summed E-state index contributed by atoms with van der Waals surface area (Å²) in [6.07, 6.45) is 1.06. The lowest BCUT2D eigenvalue weighted by Gasteiger charge is -2.01. The molecule has 0 aromatic rings. The van der Waals surface area contributed by atoms with Gasteiger partial charge in [-0.1, -0.05) is 0 Å². The van der Waals surface area contributed by atoms with Gasteiger partial charge in [0.25, 0.3) is 0 Å². The largest absolute Gasteiger partial charge is 0.613 e. The van der Waals surface area contributed by atoms with Gasteiger partial charge in [0.2, 0.25) is 0 Å². The maximum atomic E-state index is 10.5. The third-order valence-electron chi connectivity index (χ3n) is 0.629. The van der Waals surface area contributed by atoms with E-state index in [1.54, 1.807) is 13.8 Å². The zero-order valence-electron chi connectivity index (χ0n) is 6.84. The molecule has 52 valence electrons. The first-order valence-corrected chi connectivity index (χ1v) is 2.59. The van der Waals surface area contributed by atoms with Crippen LogP contribution in [0.25, 0.3) is 0 Å². The molecule has 0 amide bonds. The van der Waals surface area contributed by atoms with Gasteiger partial charge in [-0.15, -0.1) is 0 Å². The Morgan fingerprint density at radius 1 is 1.78 bits per heavy atom. The molecule has 0 bridgehead atoms. The van der Waals surface area contributed by atoms with E-state index >= 15 is 0 Å². The summed E-state index contributed by atoms with van der Waals surface area (Å²) in [7, 11) is 1.28. The zero-order valence-corrected chi connectivity index (χ0v) is 5.84. The Kier molecular flexibility index (Phi) is 2.69. The van der Waals surface area contributed by atoms with E-state index in [0.717, 1.165) is 11.2 Å². The van der Waals surface area contributed by atoms with Crippen LogP contribution in [0.2, 0.25) is 1.41 Å². The Bertz CT molecular complexity index is 171. The van der Waals surface area contributed by atoms with Gasteiger partial charge in [-0.3, -0.25) is 0 Å². The molecule has 0 aliphatic rings. The van der Waals surface area contributed by atoms with E-state index in [-0.39, 0.29) is 0 Å². The number of rotatable bonds is 2. The average molecular weight is 130 g/mol. The molecular weight excluding hydrogens is 118 g/mol. The van der Waals surface area contributed by atoms with Gasteiger partial charge in [0.05, 0.1) is 0 Å². The predicted octanol–water partition coefficient (Wildman–Crippen LogP) is -1.65. The van der Waals surface area contributed by atoms with Gasteiger partial charge in [0.1, 0.15) is 11.7 Å². The maximum Gasteiger partial charge on any atom is 0.453 e. The van der Waals surface area contributed by atoms with E-state index in [2.05, 4.69) is 4.74 Å². The highest BCUT2D eigenvalue weighted by Gasteiger charge is 1.81. The normalized spacial score (nSPS) is 12.3. The molecule has 0 spiro atoms. The summed E-state index contributed by atoms with van der Waals surface area (Å²) in [5.41, 5.74) is 0.713. The van der Waals surface area contributed by atoms with E-state index in [0.29, 0.717) is 5.71 Å². The minimum Gasteiger partial charge on any atom is -0.613 e. The number of hydrogen-bond acceptors (Lipinski definition) is 2. The van der Waals surface area contributed by atoms with Crippen molar-refractivity contribution in [2.75, 3.05) is 7.11 Å². The molecule has 0 saturated heterocycles. The summed E-state index contributed by atoms with van der Waals surface area (Å²) in [6, 6.07) is 0. The maximum absolute atomic E-state index is 10.5. The van der Waals surface area contributed by atoms with Crippen LogP contribution in [0.1, 0.15) is 13.8 Å². The predicted molar refractivity (Wildman–Crippen MR) is 32.4 cm³/mol. The van der Waals surface area contributed by atoms with E-state index in [9.17, 15) is 5.11 Å². The van der Waals surface area contributed by atoms with Crippen molar-refractivity contribution in [1.82, 2.24) is 0 Å². The third kappa shape index (κ3) is 4.87. The molecule has 3 heteroatoms. The SMILES string of the molecule is [2H][N+](/C=C(\[O-])OC)=C(C)C. The van der Waals surface area contributed by atoms with Crippen molar-refractivity contribution in [1.29, 1.82) is 0 Å². The van der Waals surface area contributed by atoms with Crippen LogP contribution in [-0.2, 0) is 4.74 Å². The number of hydrogen-bond donors (Lipinski definition) is 1. The van der Waals surface area contributed by atoms with Crippen LogP contribution in [0.3, 0.4) is 0 Å². The summed E-state index contributed by atoms with van der Waals surface area (Å²) in [5.74, 6) is -0.517. The van der Waals surface area contributed by atoms with Crippen LogP contribution in [-0.4, -0.2) is 12.8 Å². The Labute approximate surface area is 56.1 Å². The van der Waals surface area contributed by atoms with Crippen LogP contribution in [0.4, 0.5) is 0 Å². The highest BCUT2D eigenvalue weighted by Crippen LogP contribution is 1.71. The van der Waals surface area contributed by atoms with Crippen molar-refractivity contribution in [3.8, 4) is 0 Å². The fourth-order valence-electron chi connectivity index (χ4n) is 0.235. The van der Waals surface area contributed by atoms with Crippen molar-refractivity contribution >= 4 is 5.71 Å². The molecule has 0 unspecified atom stereocenters. The average Bonchev–Trinajstić information content (AvgIpc) is 1.87. The molecule has 0 aliphatic carbocycles. The van der Waals surface area contributed by atoms with E-state index in [1.165, 1.54) is 7.11 Å². The molecule has 0 fully saturated rings. The molecule has 0 aromatic carbocycles. The Balaban J connectivity index is 4.27. The van der Waals surface area contributed by atoms with E-state index in [4.69, 9.17) is 1.41 Å². The fraction of sp³-hybridized carbons (Fsp3) is 0.500. The minimum atomic E-state index is -0.517. The molecule has 1 N–H and O–H groups in total. The quantitative estimate of drug-likeness (QED) is 0.360. The van der Waals surface area contributed by atoms with Gasteiger partial charge >= 0.3 is 1.41 Å². The highest BCUT2D eigenvalue weighted by molar-refractivity contribution is 5.72. The zero-order chi connectivity index (χ0) is 8.15. The first-order chi connectivity index (χ1) is 4.57. The first kappa shape index (κ1) is 6.13. The summed E-state index contributed by atoms with van der Waals surface area (Å²) >= 11 is 0. The van der Waals surface area contributed by atoms with Gasteiger partial charge in [0.15, 0.2) is 6.20 Å². The van der Waals surface area contributed by atoms with Crippen molar-refractivity contribution in [2.45, 2.75) is 13.8 Å². The minimum absolute atomic E-state index is 0.517. The topological polar surface area (TPSA) is 46.3 Å². The van der Waals surface area contributed by atoms with Crippen molar-refractivity contribution < 1.29 is 16.2 Å². The Hall–Kier alpha value is -0.990. The van der Waals surface area contributed by atoms with E-state index < -0.39 is 5.95 Å². The van der Waals surface area contributed by atoms with E-state index in [1.807, 2.05) is 0 Å². The molecule has 0 rings (SSSR count). The Morgan fingerprint density at radius 3 is 2.67 bits per heavy atom. The molecule has 0 saturated carbocycles. The highest BCUT2D eigenvalue weighted by atomic mass is 16.6. The smallest absolute Gasteiger partial charge is 0.453 e. The van der Waals surface area contributed by atoms with Crippen LogP contribution < -0.4 is 10.1 Å². The lowest BCUT2D eigenvalue weighted by atomic mass is 10.5. The first-order valence-electron chi connectivity index (χ1n) is 3.03. The van der Waals surface area contributed by atoms with Crippen LogP contribution >= 0.6 is 0 Å². The Morgan fingerprint density at radius 2 is 2.33 bits per heavy atom. The van der Waals surface area contributed by atoms with Crippen molar-refractivity contribution in [3.05, 3.63) is 12.1 Å². The van der Waals surface area contributed by atoms with Crippen molar-refractivity contribution in [3.63, 3.8) is 0 Å².